The van der Waals surface area contributed by atoms with Crippen LogP contribution in [-0.2, 0) is 16.2 Å². The highest BCUT2D eigenvalue weighted by atomic mass is 32.2. The van der Waals surface area contributed by atoms with E-state index < -0.39 is 27.8 Å². The Balaban J connectivity index is 1.74. The van der Waals surface area contributed by atoms with E-state index in [1.165, 1.54) is 10.5 Å². The van der Waals surface area contributed by atoms with Crippen molar-refractivity contribution >= 4 is 15.9 Å². The fraction of sp³-hybridized carbons (Fsp3) is 0.368. The van der Waals surface area contributed by atoms with E-state index in [0.29, 0.717) is 5.56 Å². The number of amides is 1. The number of rotatable bonds is 3. The van der Waals surface area contributed by atoms with Gasteiger partial charge in [0.25, 0.3) is 5.91 Å². The summed E-state index contributed by atoms with van der Waals surface area (Å²) in [6.45, 7) is 3.87. The number of carbonyl (C=O) groups is 1. The normalized spacial score (nSPS) is 18.7. The predicted octanol–water partition coefficient (Wildman–Crippen LogP) is 2.94. The summed E-state index contributed by atoms with van der Waals surface area (Å²) in [5, 5.41) is 0. The molecule has 1 atom stereocenters. The number of aryl methyl sites for hydroxylation is 1. The van der Waals surface area contributed by atoms with Crippen LogP contribution in [0, 0.1) is 6.92 Å². The maximum atomic E-state index is 12.9. The molecule has 1 unspecified atom stereocenters. The van der Waals surface area contributed by atoms with Crippen molar-refractivity contribution in [3.63, 3.8) is 0 Å². The van der Waals surface area contributed by atoms with Crippen molar-refractivity contribution in [1.29, 1.82) is 0 Å². The first kappa shape index (κ1) is 21.3. The van der Waals surface area contributed by atoms with Crippen molar-refractivity contribution in [3.8, 4) is 0 Å². The van der Waals surface area contributed by atoms with Crippen molar-refractivity contribution < 1.29 is 26.4 Å². The van der Waals surface area contributed by atoms with Gasteiger partial charge in [-0.3, -0.25) is 9.78 Å². The fourth-order valence-electron chi connectivity index (χ4n) is 3.21. The lowest BCUT2D eigenvalue weighted by molar-refractivity contribution is -0.137. The molecule has 1 aliphatic rings. The van der Waals surface area contributed by atoms with Crippen LogP contribution in [0.2, 0.25) is 0 Å². The summed E-state index contributed by atoms with van der Waals surface area (Å²) >= 11 is 0. The van der Waals surface area contributed by atoms with Gasteiger partial charge in [0.1, 0.15) is 0 Å². The molecule has 0 aliphatic carbocycles. The molecule has 1 saturated heterocycles. The molecule has 6 nitrogen and oxygen atoms in total. The van der Waals surface area contributed by atoms with Crippen molar-refractivity contribution in [2.75, 3.05) is 19.6 Å². The Morgan fingerprint density at radius 3 is 2.28 bits per heavy atom. The zero-order chi connectivity index (χ0) is 21.4. The van der Waals surface area contributed by atoms with Crippen molar-refractivity contribution in [2.45, 2.75) is 31.0 Å². The number of hydrogen-bond donors (Lipinski definition) is 0. The number of benzene rings is 1. The molecule has 0 bridgehead atoms. The van der Waals surface area contributed by atoms with Crippen LogP contribution in [0.4, 0.5) is 13.2 Å². The van der Waals surface area contributed by atoms with E-state index >= 15 is 0 Å². The Morgan fingerprint density at radius 1 is 1.10 bits per heavy atom. The number of alkyl halides is 3. The van der Waals surface area contributed by atoms with Gasteiger partial charge in [-0.25, -0.2) is 8.42 Å². The first-order chi connectivity index (χ1) is 13.5. The largest absolute Gasteiger partial charge is 0.416 e. The second-order valence-corrected chi connectivity index (χ2v) is 8.82. The third kappa shape index (κ3) is 4.43. The zero-order valence-corrected chi connectivity index (χ0v) is 16.7. The molecule has 0 spiro atoms. The van der Waals surface area contributed by atoms with Gasteiger partial charge in [0.2, 0.25) is 10.0 Å². The van der Waals surface area contributed by atoms with Gasteiger partial charge in [-0.05, 0) is 50.2 Å². The summed E-state index contributed by atoms with van der Waals surface area (Å²) in [4.78, 5) is 18.1. The lowest BCUT2D eigenvalue weighted by Gasteiger charge is -2.39. The molecule has 156 valence electrons. The van der Waals surface area contributed by atoms with Crippen LogP contribution < -0.4 is 0 Å². The molecule has 0 saturated carbocycles. The van der Waals surface area contributed by atoms with Crippen LogP contribution in [0.25, 0.3) is 0 Å². The highest BCUT2D eigenvalue weighted by molar-refractivity contribution is 7.89. The number of halogens is 3. The van der Waals surface area contributed by atoms with E-state index in [4.69, 9.17) is 0 Å². The van der Waals surface area contributed by atoms with E-state index in [0.717, 1.165) is 30.0 Å². The third-order valence-corrected chi connectivity index (χ3v) is 6.83. The number of carbonyl (C=O) groups excluding carboxylic acids is 1. The summed E-state index contributed by atoms with van der Waals surface area (Å²) in [7, 11) is -3.98. The zero-order valence-electron chi connectivity index (χ0n) is 15.8. The summed E-state index contributed by atoms with van der Waals surface area (Å²) < 4.78 is 65.1. The molecule has 1 aliphatic heterocycles. The summed E-state index contributed by atoms with van der Waals surface area (Å²) in [6.07, 6.45) is -3.06. The molecule has 1 aromatic heterocycles. The van der Waals surface area contributed by atoms with Gasteiger partial charge in [-0.15, -0.1) is 0 Å². The van der Waals surface area contributed by atoms with Crippen molar-refractivity contribution in [3.05, 3.63) is 59.4 Å². The van der Waals surface area contributed by atoms with Crippen molar-refractivity contribution in [1.82, 2.24) is 14.2 Å². The molecule has 1 amide bonds. The van der Waals surface area contributed by atoms with Gasteiger partial charge >= 0.3 is 6.18 Å². The van der Waals surface area contributed by atoms with Crippen LogP contribution in [0.5, 0.6) is 0 Å². The average Bonchev–Trinajstić information content (AvgIpc) is 2.67. The molecule has 1 aromatic carbocycles. The number of piperazine rings is 1. The van der Waals surface area contributed by atoms with Crippen LogP contribution in [0.15, 0.2) is 47.5 Å². The number of pyridine rings is 1. The first-order valence-corrected chi connectivity index (χ1v) is 10.3. The minimum atomic E-state index is -4.54. The molecule has 10 heteroatoms. The minimum Gasteiger partial charge on any atom is -0.336 e. The highest BCUT2D eigenvalue weighted by Crippen LogP contribution is 2.30. The molecule has 2 heterocycles. The maximum Gasteiger partial charge on any atom is 0.416 e. The fourth-order valence-corrected chi connectivity index (χ4v) is 4.82. The highest BCUT2D eigenvalue weighted by Gasteiger charge is 2.36. The van der Waals surface area contributed by atoms with Gasteiger partial charge in [-0.2, -0.15) is 17.5 Å². The molecule has 29 heavy (non-hydrogen) atoms. The van der Waals surface area contributed by atoms with E-state index in [-0.39, 0.29) is 30.4 Å². The van der Waals surface area contributed by atoms with Crippen LogP contribution >= 0.6 is 0 Å². The number of nitrogens with zero attached hydrogens (tertiary/aromatic N) is 3. The van der Waals surface area contributed by atoms with E-state index in [9.17, 15) is 26.4 Å². The molecule has 0 N–H and O–H groups in total. The molecule has 2 aromatic rings. The Hall–Kier alpha value is -2.46. The third-order valence-electron chi connectivity index (χ3n) is 4.80. The van der Waals surface area contributed by atoms with E-state index in [2.05, 4.69) is 4.98 Å². The van der Waals surface area contributed by atoms with Crippen LogP contribution in [-0.4, -0.2) is 54.2 Å². The minimum absolute atomic E-state index is 0.0511. The van der Waals surface area contributed by atoms with Gasteiger partial charge in [-0.1, -0.05) is 0 Å². The van der Waals surface area contributed by atoms with Gasteiger partial charge in [0.05, 0.1) is 16.0 Å². The van der Waals surface area contributed by atoms with Crippen LogP contribution in [0.3, 0.4) is 0 Å². The van der Waals surface area contributed by atoms with Crippen molar-refractivity contribution in [2.24, 2.45) is 0 Å². The van der Waals surface area contributed by atoms with Crippen LogP contribution in [0.1, 0.15) is 28.5 Å². The topological polar surface area (TPSA) is 70.6 Å². The second kappa shape index (κ2) is 7.75. The molecule has 3 rings (SSSR count). The average molecular weight is 427 g/mol. The number of hydrogen-bond acceptors (Lipinski definition) is 4. The molecular formula is C19H20F3N3O3S. The van der Waals surface area contributed by atoms with E-state index in [1.807, 2.05) is 0 Å². The quantitative estimate of drug-likeness (QED) is 0.755. The monoisotopic (exact) mass is 427 g/mol. The summed E-state index contributed by atoms with van der Waals surface area (Å²) in [6, 6.07) is 6.28. The SMILES string of the molecule is Cc1ccc(C(=O)N2CCN(S(=O)(=O)c3ccc(C(F)(F)F)cc3)C(C)C2)cn1. The smallest absolute Gasteiger partial charge is 0.336 e. The first-order valence-electron chi connectivity index (χ1n) is 8.91. The maximum absolute atomic E-state index is 12.9. The molecule has 1 fully saturated rings. The predicted molar refractivity (Wildman–Crippen MR) is 99.7 cm³/mol. The van der Waals surface area contributed by atoms with Gasteiger partial charge < -0.3 is 4.90 Å². The number of aromatic nitrogens is 1. The lowest BCUT2D eigenvalue weighted by atomic mass is 10.2. The number of sulfonamides is 1. The van der Waals surface area contributed by atoms with E-state index in [1.54, 1.807) is 30.9 Å². The summed E-state index contributed by atoms with van der Waals surface area (Å²) in [5.41, 5.74) is 0.288. The molecule has 0 radical (unpaired) electrons. The molecular weight excluding hydrogens is 407 g/mol. The standard InChI is InChI=1S/C19H20F3N3O3S/c1-13-3-4-15(11-23-13)18(26)24-9-10-25(14(2)12-24)29(27,28)17-7-5-16(6-8-17)19(20,21)22/h3-8,11,14H,9-10,12H2,1-2H3. The Kier molecular flexibility index (Phi) is 5.68. The summed E-state index contributed by atoms with van der Waals surface area (Å²) in [5.74, 6) is -0.240. The second-order valence-electron chi connectivity index (χ2n) is 6.93. The lowest BCUT2D eigenvalue weighted by Crippen LogP contribution is -2.55. The van der Waals surface area contributed by atoms with Gasteiger partial charge in [0, 0.05) is 37.6 Å². The Morgan fingerprint density at radius 2 is 1.76 bits per heavy atom. The Bertz CT molecular complexity index is 990. The Labute approximate surface area is 167 Å². The van der Waals surface area contributed by atoms with Gasteiger partial charge in [0.15, 0.2) is 0 Å².